The Hall–Kier alpha value is -1.44. The number of rotatable bonds is 0. The summed E-state index contributed by atoms with van der Waals surface area (Å²) in [6.07, 6.45) is 14.1. The van der Waals surface area contributed by atoms with Gasteiger partial charge in [-0.3, -0.25) is 9.59 Å². The van der Waals surface area contributed by atoms with E-state index in [1.807, 2.05) is 6.08 Å². The lowest BCUT2D eigenvalue weighted by molar-refractivity contribution is -0.165. The number of allylic oxidation sites excluding steroid dienone is 6. The minimum Gasteiger partial charge on any atom is -0.299 e. The maximum atomic E-state index is 12.8. The van der Waals surface area contributed by atoms with Gasteiger partial charge in [-0.25, -0.2) is 0 Å². The molecule has 5 atom stereocenters. The Bertz CT molecular complexity index is 973. The van der Waals surface area contributed by atoms with Crippen LogP contribution in [0.5, 0.6) is 0 Å². The van der Waals surface area contributed by atoms with Gasteiger partial charge in [0, 0.05) is 17.3 Å². The third-order valence-corrected chi connectivity index (χ3v) is 11.1. The Kier molecular flexibility index (Phi) is 4.22. The van der Waals surface area contributed by atoms with E-state index in [9.17, 15) is 9.59 Å². The van der Waals surface area contributed by atoms with Crippen molar-refractivity contribution in [2.75, 3.05) is 0 Å². The zero-order chi connectivity index (χ0) is 22.6. The van der Waals surface area contributed by atoms with Gasteiger partial charge in [0.05, 0.1) is 0 Å². The summed E-state index contributed by atoms with van der Waals surface area (Å²) in [5, 5.41) is 0. The molecule has 5 aliphatic carbocycles. The second-order valence-electron chi connectivity index (χ2n) is 13.3. The van der Waals surface area contributed by atoms with E-state index in [0.29, 0.717) is 23.4 Å². The molecule has 0 aromatic carbocycles. The standard InChI is InChI=1S/C29H40O2/c1-25(2)17-19-18(16-24(25)31)10-14-28(6)20(19)8-9-22-27(5)13-12-23(30)26(3,4)21(27)11-15-29(22,28)7/h8-9,16,21-22H,10-15,17H2,1-7H3/t21-,22+,27-,28+,29+/m0/s1. The Morgan fingerprint density at radius 2 is 1.61 bits per heavy atom. The van der Waals surface area contributed by atoms with E-state index in [4.69, 9.17) is 0 Å². The Balaban J connectivity index is 1.66. The molecule has 5 rings (SSSR count). The van der Waals surface area contributed by atoms with E-state index < -0.39 is 0 Å². The monoisotopic (exact) mass is 420 g/mol. The van der Waals surface area contributed by atoms with E-state index in [2.05, 4.69) is 60.6 Å². The molecular formula is C29H40O2. The molecule has 0 heterocycles. The van der Waals surface area contributed by atoms with Crippen molar-refractivity contribution in [3.05, 3.63) is 34.9 Å². The number of fused-ring (bicyclic) bond motifs is 6. The minimum absolute atomic E-state index is 0.134. The van der Waals surface area contributed by atoms with E-state index >= 15 is 0 Å². The maximum absolute atomic E-state index is 12.8. The van der Waals surface area contributed by atoms with Gasteiger partial charge in [0.2, 0.25) is 0 Å². The van der Waals surface area contributed by atoms with Crippen LogP contribution in [0.4, 0.5) is 0 Å². The molecule has 0 unspecified atom stereocenters. The number of carbonyl (C=O) groups is 2. The van der Waals surface area contributed by atoms with E-state index in [1.54, 1.807) is 0 Å². The lowest BCUT2D eigenvalue weighted by Gasteiger charge is -2.67. The molecule has 0 radical (unpaired) electrons. The molecule has 0 bridgehead atoms. The molecule has 5 aliphatic rings. The largest absolute Gasteiger partial charge is 0.299 e. The normalized spacial score (nSPS) is 45.3. The van der Waals surface area contributed by atoms with Crippen LogP contribution in [0.25, 0.3) is 0 Å². The van der Waals surface area contributed by atoms with Gasteiger partial charge in [-0.2, -0.15) is 0 Å². The topological polar surface area (TPSA) is 34.1 Å². The molecule has 0 aliphatic heterocycles. The quantitative estimate of drug-likeness (QED) is 0.422. The van der Waals surface area contributed by atoms with Gasteiger partial charge in [-0.05, 0) is 89.4 Å². The zero-order valence-electron chi connectivity index (χ0n) is 20.7. The summed E-state index contributed by atoms with van der Waals surface area (Å²) in [6, 6.07) is 0. The molecule has 2 heteroatoms. The minimum atomic E-state index is -0.299. The molecule has 0 aromatic rings. The first-order chi connectivity index (χ1) is 14.3. The Morgan fingerprint density at radius 3 is 2.32 bits per heavy atom. The fourth-order valence-corrected chi connectivity index (χ4v) is 8.84. The van der Waals surface area contributed by atoms with Crippen molar-refractivity contribution in [1.82, 2.24) is 0 Å². The van der Waals surface area contributed by atoms with Crippen LogP contribution in [0.15, 0.2) is 34.9 Å². The summed E-state index contributed by atoms with van der Waals surface area (Å²) in [5.74, 6) is 1.73. The van der Waals surface area contributed by atoms with Gasteiger partial charge in [0.25, 0.3) is 0 Å². The van der Waals surface area contributed by atoms with Crippen molar-refractivity contribution in [3.63, 3.8) is 0 Å². The van der Waals surface area contributed by atoms with Gasteiger partial charge >= 0.3 is 0 Å². The first kappa shape index (κ1) is 21.4. The highest BCUT2D eigenvalue weighted by Crippen LogP contribution is 2.72. The van der Waals surface area contributed by atoms with Gasteiger partial charge < -0.3 is 0 Å². The highest BCUT2D eigenvalue weighted by atomic mass is 16.1. The van der Waals surface area contributed by atoms with E-state index in [1.165, 1.54) is 23.1 Å². The second kappa shape index (κ2) is 6.12. The highest BCUT2D eigenvalue weighted by molar-refractivity contribution is 5.97. The molecule has 0 amide bonds. The number of carbonyl (C=O) groups excluding carboxylic acids is 2. The predicted octanol–water partition coefficient (Wildman–Crippen LogP) is 7.01. The predicted molar refractivity (Wildman–Crippen MR) is 125 cm³/mol. The first-order valence-corrected chi connectivity index (χ1v) is 12.5. The maximum Gasteiger partial charge on any atom is 0.161 e. The average Bonchev–Trinajstić information content (AvgIpc) is 2.67. The van der Waals surface area contributed by atoms with Crippen LogP contribution in [0.1, 0.15) is 93.4 Å². The molecule has 2 fully saturated rings. The Labute approximate surface area is 188 Å². The smallest absolute Gasteiger partial charge is 0.161 e. The number of Topliss-reactive ketones (excluding diaryl/α,β-unsaturated/α-hetero) is 1. The lowest BCUT2D eigenvalue weighted by atomic mass is 9.36. The van der Waals surface area contributed by atoms with Crippen molar-refractivity contribution in [3.8, 4) is 0 Å². The van der Waals surface area contributed by atoms with Gasteiger partial charge in [-0.15, -0.1) is 0 Å². The first-order valence-electron chi connectivity index (χ1n) is 12.5. The summed E-state index contributed by atoms with van der Waals surface area (Å²) in [4.78, 5) is 25.5. The molecular weight excluding hydrogens is 380 g/mol. The second-order valence-corrected chi connectivity index (χ2v) is 13.3. The van der Waals surface area contributed by atoms with Crippen LogP contribution < -0.4 is 0 Å². The lowest BCUT2D eigenvalue weighted by Crippen LogP contribution is -2.62. The van der Waals surface area contributed by atoms with E-state index in [0.717, 1.165) is 38.5 Å². The van der Waals surface area contributed by atoms with Crippen molar-refractivity contribution >= 4 is 11.6 Å². The summed E-state index contributed by atoms with van der Waals surface area (Å²) >= 11 is 0. The van der Waals surface area contributed by atoms with Gasteiger partial charge in [-0.1, -0.05) is 60.6 Å². The van der Waals surface area contributed by atoms with Crippen LogP contribution in [0.3, 0.4) is 0 Å². The van der Waals surface area contributed by atoms with Crippen molar-refractivity contribution in [2.24, 2.45) is 38.9 Å². The number of hydrogen-bond donors (Lipinski definition) is 0. The molecule has 0 saturated heterocycles. The molecule has 0 spiro atoms. The zero-order valence-corrected chi connectivity index (χ0v) is 20.7. The third kappa shape index (κ3) is 2.51. The summed E-state index contributed by atoms with van der Waals surface area (Å²) in [5.41, 5.74) is 4.27. The molecule has 31 heavy (non-hydrogen) atoms. The van der Waals surface area contributed by atoms with Crippen LogP contribution >= 0.6 is 0 Å². The van der Waals surface area contributed by atoms with Crippen molar-refractivity contribution in [1.29, 1.82) is 0 Å². The average molecular weight is 421 g/mol. The Morgan fingerprint density at radius 1 is 0.903 bits per heavy atom. The fraction of sp³-hybridized carbons (Fsp3) is 0.724. The van der Waals surface area contributed by atoms with Crippen molar-refractivity contribution in [2.45, 2.75) is 93.4 Å². The molecule has 0 N–H and O–H groups in total. The third-order valence-electron chi connectivity index (χ3n) is 11.1. The van der Waals surface area contributed by atoms with E-state index in [-0.39, 0.29) is 27.1 Å². The molecule has 2 nitrogen and oxygen atoms in total. The summed E-state index contributed by atoms with van der Waals surface area (Å²) < 4.78 is 0. The summed E-state index contributed by atoms with van der Waals surface area (Å²) in [7, 11) is 0. The van der Waals surface area contributed by atoms with Gasteiger partial charge in [0.15, 0.2) is 5.78 Å². The van der Waals surface area contributed by atoms with Crippen LogP contribution in [0, 0.1) is 38.9 Å². The van der Waals surface area contributed by atoms with Crippen LogP contribution in [-0.4, -0.2) is 11.6 Å². The van der Waals surface area contributed by atoms with Gasteiger partial charge in [0.1, 0.15) is 5.78 Å². The molecule has 168 valence electrons. The van der Waals surface area contributed by atoms with Crippen molar-refractivity contribution < 1.29 is 9.59 Å². The number of hydrogen-bond acceptors (Lipinski definition) is 2. The molecule has 2 saturated carbocycles. The SMILES string of the molecule is CC1(C)CC2=C3C=C[C@@H]4[C@@]5(C)CCC(=O)C(C)(C)[C@@H]5CC[C@@]4(C)[C@]3(C)CCC2=CC1=O. The van der Waals surface area contributed by atoms with Crippen LogP contribution in [0.2, 0.25) is 0 Å². The highest BCUT2D eigenvalue weighted by Gasteiger charge is 2.65. The fourth-order valence-electron chi connectivity index (χ4n) is 8.84. The molecule has 0 aromatic heterocycles. The summed E-state index contributed by atoms with van der Waals surface area (Å²) in [6.45, 7) is 16.2. The number of ketones is 2. The van der Waals surface area contributed by atoms with Crippen LogP contribution in [-0.2, 0) is 9.59 Å².